The highest BCUT2D eigenvalue weighted by molar-refractivity contribution is 6.31. The molecule has 0 aromatic heterocycles. The van der Waals surface area contributed by atoms with Gasteiger partial charge in [-0.25, -0.2) is 0 Å². The second-order valence-electron chi connectivity index (χ2n) is 3.65. The molecule has 0 amide bonds. The van der Waals surface area contributed by atoms with Crippen LogP contribution >= 0.6 is 11.6 Å². The second kappa shape index (κ2) is 6.51. The van der Waals surface area contributed by atoms with Crippen molar-refractivity contribution in [3.05, 3.63) is 34.9 Å². The van der Waals surface area contributed by atoms with Crippen LogP contribution < -0.4 is 5.32 Å². The van der Waals surface area contributed by atoms with Gasteiger partial charge in [0.05, 0.1) is 0 Å². The number of hydrogen-bond donors (Lipinski definition) is 2. The molecular formula is C12H16ClNO2. The van der Waals surface area contributed by atoms with Crippen molar-refractivity contribution >= 4 is 17.6 Å². The molecule has 1 aromatic carbocycles. The molecular weight excluding hydrogens is 226 g/mol. The predicted molar refractivity (Wildman–Crippen MR) is 64.6 cm³/mol. The number of carbonyl (C=O) groups is 1. The molecule has 0 heterocycles. The minimum atomic E-state index is -0.811. The zero-order chi connectivity index (χ0) is 12.0. The van der Waals surface area contributed by atoms with Crippen molar-refractivity contribution in [1.29, 1.82) is 0 Å². The van der Waals surface area contributed by atoms with Crippen molar-refractivity contribution in [3.63, 3.8) is 0 Å². The van der Waals surface area contributed by atoms with Crippen molar-refractivity contribution < 1.29 is 9.90 Å². The van der Waals surface area contributed by atoms with Gasteiger partial charge >= 0.3 is 5.97 Å². The molecule has 0 saturated heterocycles. The fraction of sp³-hybridized carbons (Fsp3) is 0.417. The molecule has 88 valence electrons. The number of carboxylic acid groups (broad SMARTS) is 1. The highest BCUT2D eigenvalue weighted by Crippen LogP contribution is 2.14. The summed E-state index contributed by atoms with van der Waals surface area (Å²) in [4.78, 5) is 10.9. The molecule has 4 heteroatoms. The molecule has 3 nitrogen and oxygen atoms in total. The summed E-state index contributed by atoms with van der Waals surface area (Å²) >= 11 is 5.98. The van der Waals surface area contributed by atoms with Gasteiger partial charge in [-0.1, -0.05) is 43.1 Å². The Kier molecular flexibility index (Phi) is 5.29. The van der Waals surface area contributed by atoms with Crippen LogP contribution in [0.3, 0.4) is 0 Å². The minimum Gasteiger partial charge on any atom is -0.480 e. The predicted octanol–water partition coefficient (Wildman–Crippen LogP) is 2.68. The monoisotopic (exact) mass is 241 g/mol. The van der Waals surface area contributed by atoms with Gasteiger partial charge in [-0.15, -0.1) is 0 Å². The molecule has 0 saturated carbocycles. The van der Waals surface area contributed by atoms with Gasteiger partial charge in [0, 0.05) is 11.6 Å². The van der Waals surface area contributed by atoms with Crippen LogP contribution in [0.15, 0.2) is 24.3 Å². The minimum absolute atomic E-state index is 0.483. The first kappa shape index (κ1) is 13.0. The van der Waals surface area contributed by atoms with Crippen molar-refractivity contribution in [1.82, 2.24) is 5.32 Å². The summed E-state index contributed by atoms with van der Waals surface area (Å²) in [5.41, 5.74) is 0.923. The largest absolute Gasteiger partial charge is 0.480 e. The number of rotatable bonds is 6. The number of carboxylic acids is 1. The SMILES string of the molecule is CCCC(NCc1ccccc1Cl)C(=O)O. The maximum Gasteiger partial charge on any atom is 0.320 e. The molecule has 1 atom stereocenters. The molecule has 1 aromatic rings. The van der Waals surface area contributed by atoms with Gasteiger partial charge in [-0.05, 0) is 18.1 Å². The Balaban J connectivity index is 2.55. The third-order valence-corrected chi connectivity index (χ3v) is 2.74. The smallest absolute Gasteiger partial charge is 0.320 e. The van der Waals surface area contributed by atoms with E-state index in [2.05, 4.69) is 5.32 Å². The summed E-state index contributed by atoms with van der Waals surface area (Å²) in [6.07, 6.45) is 1.46. The number of benzene rings is 1. The Labute approximate surface area is 100 Å². The summed E-state index contributed by atoms with van der Waals surface area (Å²) in [6.45, 7) is 2.45. The average molecular weight is 242 g/mol. The van der Waals surface area contributed by atoms with Crippen LogP contribution in [0.2, 0.25) is 5.02 Å². The highest BCUT2D eigenvalue weighted by Gasteiger charge is 2.15. The van der Waals surface area contributed by atoms with E-state index in [-0.39, 0.29) is 0 Å². The van der Waals surface area contributed by atoms with Gasteiger partial charge in [0.25, 0.3) is 0 Å². The van der Waals surface area contributed by atoms with E-state index in [1.54, 1.807) is 6.07 Å². The van der Waals surface area contributed by atoms with Crippen LogP contribution in [0, 0.1) is 0 Å². The van der Waals surface area contributed by atoms with Crippen LogP contribution in [0.1, 0.15) is 25.3 Å². The van der Waals surface area contributed by atoms with Crippen LogP contribution in [-0.4, -0.2) is 17.1 Å². The first-order valence-electron chi connectivity index (χ1n) is 5.34. The molecule has 0 aliphatic heterocycles. The third kappa shape index (κ3) is 3.83. The van der Waals surface area contributed by atoms with Crippen LogP contribution in [0.5, 0.6) is 0 Å². The zero-order valence-corrected chi connectivity index (χ0v) is 10.00. The van der Waals surface area contributed by atoms with Crippen LogP contribution in [0.25, 0.3) is 0 Å². The molecule has 0 bridgehead atoms. The molecule has 1 rings (SSSR count). The standard InChI is InChI=1S/C12H16ClNO2/c1-2-5-11(12(15)16)14-8-9-6-3-4-7-10(9)13/h3-4,6-7,11,14H,2,5,8H2,1H3,(H,15,16). The molecule has 0 spiro atoms. The van der Waals surface area contributed by atoms with E-state index in [9.17, 15) is 4.79 Å². The second-order valence-corrected chi connectivity index (χ2v) is 4.06. The molecule has 0 fully saturated rings. The summed E-state index contributed by atoms with van der Waals surface area (Å²) < 4.78 is 0. The van der Waals surface area contributed by atoms with Gasteiger partial charge in [-0.2, -0.15) is 0 Å². The summed E-state index contributed by atoms with van der Waals surface area (Å²) in [5, 5.41) is 12.6. The molecule has 0 aliphatic carbocycles. The van der Waals surface area contributed by atoms with Gasteiger partial charge in [0.2, 0.25) is 0 Å². The first-order chi connectivity index (χ1) is 7.65. The summed E-state index contributed by atoms with van der Waals surface area (Å²) in [6, 6.07) is 6.93. The Bertz CT molecular complexity index is 355. The van der Waals surface area contributed by atoms with Gasteiger partial charge in [0.15, 0.2) is 0 Å². The van der Waals surface area contributed by atoms with Gasteiger partial charge in [0.1, 0.15) is 6.04 Å². The average Bonchev–Trinajstić information content (AvgIpc) is 2.26. The lowest BCUT2D eigenvalue weighted by molar-refractivity contribution is -0.139. The summed E-state index contributed by atoms with van der Waals surface area (Å²) in [7, 11) is 0. The molecule has 16 heavy (non-hydrogen) atoms. The fourth-order valence-corrected chi connectivity index (χ4v) is 1.68. The Morgan fingerprint density at radius 2 is 2.19 bits per heavy atom. The van der Waals surface area contributed by atoms with Crippen molar-refractivity contribution in [2.75, 3.05) is 0 Å². The number of halogens is 1. The van der Waals surface area contributed by atoms with Gasteiger partial charge in [-0.3, -0.25) is 4.79 Å². The topological polar surface area (TPSA) is 49.3 Å². The van der Waals surface area contributed by atoms with E-state index in [0.29, 0.717) is 18.0 Å². The van der Waals surface area contributed by atoms with E-state index >= 15 is 0 Å². The van der Waals surface area contributed by atoms with E-state index in [0.717, 1.165) is 12.0 Å². The Morgan fingerprint density at radius 1 is 1.50 bits per heavy atom. The molecule has 1 unspecified atom stereocenters. The molecule has 2 N–H and O–H groups in total. The Hall–Kier alpha value is -1.06. The fourth-order valence-electron chi connectivity index (χ4n) is 1.48. The normalized spacial score (nSPS) is 12.4. The van der Waals surface area contributed by atoms with E-state index < -0.39 is 12.0 Å². The van der Waals surface area contributed by atoms with Gasteiger partial charge < -0.3 is 10.4 Å². The highest BCUT2D eigenvalue weighted by atomic mass is 35.5. The first-order valence-corrected chi connectivity index (χ1v) is 5.72. The van der Waals surface area contributed by atoms with Crippen LogP contribution in [-0.2, 0) is 11.3 Å². The van der Waals surface area contributed by atoms with Crippen molar-refractivity contribution in [2.24, 2.45) is 0 Å². The van der Waals surface area contributed by atoms with Crippen molar-refractivity contribution in [3.8, 4) is 0 Å². The summed E-state index contributed by atoms with van der Waals surface area (Å²) in [5.74, 6) is -0.811. The van der Waals surface area contributed by atoms with Crippen molar-refractivity contribution in [2.45, 2.75) is 32.4 Å². The lowest BCUT2D eigenvalue weighted by atomic mass is 10.1. The van der Waals surface area contributed by atoms with E-state index in [1.165, 1.54) is 0 Å². The zero-order valence-electron chi connectivity index (χ0n) is 9.24. The van der Waals surface area contributed by atoms with E-state index in [1.807, 2.05) is 25.1 Å². The Morgan fingerprint density at radius 3 is 2.75 bits per heavy atom. The number of nitrogens with one attached hydrogen (secondary N) is 1. The molecule has 0 aliphatic rings. The quantitative estimate of drug-likeness (QED) is 0.805. The molecule has 0 radical (unpaired) electrons. The van der Waals surface area contributed by atoms with E-state index in [4.69, 9.17) is 16.7 Å². The maximum absolute atomic E-state index is 10.9. The maximum atomic E-state index is 10.9. The third-order valence-electron chi connectivity index (χ3n) is 2.37. The number of aliphatic carboxylic acids is 1. The lowest BCUT2D eigenvalue weighted by Gasteiger charge is -2.13. The number of hydrogen-bond acceptors (Lipinski definition) is 2. The lowest BCUT2D eigenvalue weighted by Crippen LogP contribution is -2.36. The van der Waals surface area contributed by atoms with Crippen LogP contribution in [0.4, 0.5) is 0 Å².